The molecular formula is C21H27N5O3S. The topological polar surface area (TPSA) is 90.1 Å². The summed E-state index contributed by atoms with van der Waals surface area (Å²) >= 11 is 0. The third-order valence-electron chi connectivity index (χ3n) is 4.47. The number of carbonyl (C=O) groups is 1. The first kappa shape index (κ1) is 21.9. The van der Waals surface area contributed by atoms with E-state index < -0.39 is 10.2 Å². The number of imidazole rings is 1. The van der Waals surface area contributed by atoms with Crippen LogP contribution in [0.25, 0.3) is 5.69 Å². The number of hydrogen-bond acceptors (Lipinski definition) is 5. The molecule has 0 atom stereocenters. The van der Waals surface area contributed by atoms with Crippen LogP contribution in [0.5, 0.6) is 0 Å². The quantitative estimate of drug-likeness (QED) is 0.539. The first-order valence-electron chi connectivity index (χ1n) is 9.61. The van der Waals surface area contributed by atoms with Crippen LogP contribution in [0.3, 0.4) is 0 Å². The van der Waals surface area contributed by atoms with Crippen molar-refractivity contribution < 1.29 is 13.2 Å². The lowest BCUT2D eigenvalue weighted by Crippen LogP contribution is -2.31. The van der Waals surface area contributed by atoms with Crippen LogP contribution >= 0.6 is 0 Å². The van der Waals surface area contributed by atoms with Gasteiger partial charge in [0, 0.05) is 39.1 Å². The van der Waals surface area contributed by atoms with E-state index in [4.69, 9.17) is 0 Å². The molecule has 0 saturated carbocycles. The normalized spacial score (nSPS) is 12.5. The first-order valence-corrected chi connectivity index (χ1v) is 11.0. The Morgan fingerprint density at radius 3 is 2.33 bits per heavy atom. The maximum Gasteiger partial charge on any atom is 0.308 e. The van der Waals surface area contributed by atoms with Gasteiger partial charge in [-0.15, -0.1) is 0 Å². The Kier molecular flexibility index (Phi) is 5.96. The van der Waals surface area contributed by atoms with Crippen molar-refractivity contribution in [2.45, 2.75) is 33.6 Å². The predicted molar refractivity (Wildman–Crippen MR) is 115 cm³/mol. The molecule has 9 heteroatoms. The molecule has 0 N–H and O–H groups in total. The number of aromatic nitrogens is 4. The minimum atomic E-state index is -3.86. The van der Waals surface area contributed by atoms with Gasteiger partial charge in [-0.1, -0.05) is 32.9 Å². The summed E-state index contributed by atoms with van der Waals surface area (Å²) in [6.45, 7) is 6.11. The summed E-state index contributed by atoms with van der Waals surface area (Å²) in [4.78, 5) is 17.4. The van der Waals surface area contributed by atoms with E-state index in [1.54, 1.807) is 10.9 Å². The van der Waals surface area contributed by atoms with E-state index in [2.05, 4.69) is 10.1 Å². The number of Topliss-reactive ketones (excluding diaryl/α,β-unsaturated/α-hetero) is 1. The molecule has 1 aromatic carbocycles. The Hall–Kier alpha value is -2.78. The van der Waals surface area contributed by atoms with Gasteiger partial charge in [-0.2, -0.15) is 17.8 Å². The van der Waals surface area contributed by atoms with E-state index in [0.29, 0.717) is 12.1 Å². The molecule has 0 bridgehead atoms. The maximum atomic E-state index is 13.0. The molecule has 0 amide bonds. The zero-order chi connectivity index (χ0) is 22.1. The second-order valence-corrected chi connectivity index (χ2v) is 10.6. The molecule has 0 aliphatic rings. The summed E-state index contributed by atoms with van der Waals surface area (Å²) in [6, 6.07) is 9.22. The van der Waals surface area contributed by atoms with Crippen molar-refractivity contribution >= 4 is 16.0 Å². The van der Waals surface area contributed by atoms with E-state index in [0.717, 1.165) is 19.5 Å². The van der Waals surface area contributed by atoms with Crippen LogP contribution < -0.4 is 0 Å². The summed E-state index contributed by atoms with van der Waals surface area (Å²) in [6.07, 6.45) is 5.59. The van der Waals surface area contributed by atoms with Crippen LogP contribution in [-0.2, 0) is 23.1 Å². The minimum absolute atomic E-state index is 0.0499. The Morgan fingerprint density at radius 2 is 1.80 bits per heavy atom. The number of nitrogens with zero attached hydrogens (tertiary/aromatic N) is 5. The number of benzene rings is 1. The fraction of sp³-hybridized carbons (Fsp3) is 0.381. The number of hydrogen-bond donors (Lipinski definition) is 0. The number of carbonyl (C=O) groups excluding carboxylic acids is 1. The first-order chi connectivity index (χ1) is 14.0. The van der Waals surface area contributed by atoms with Crippen LogP contribution in [-0.4, -0.2) is 51.3 Å². The van der Waals surface area contributed by atoms with E-state index in [-0.39, 0.29) is 23.4 Å². The van der Waals surface area contributed by atoms with Gasteiger partial charge >= 0.3 is 10.2 Å². The summed E-state index contributed by atoms with van der Waals surface area (Å²) in [5.41, 5.74) is 2.12. The van der Waals surface area contributed by atoms with Crippen molar-refractivity contribution in [2.24, 2.45) is 5.41 Å². The van der Waals surface area contributed by atoms with Crippen LogP contribution in [0.1, 0.15) is 42.6 Å². The zero-order valence-electron chi connectivity index (χ0n) is 17.9. The lowest BCUT2D eigenvalue weighted by Gasteiger charge is -2.15. The smallest absolute Gasteiger partial charge is 0.290 e. The second kappa shape index (κ2) is 8.16. The Labute approximate surface area is 177 Å². The van der Waals surface area contributed by atoms with E-state index >= 15 is 0 Å². The van der Waals surface area contributed by atoms with E-state index in [9.17, 15) is 13.2 Å². The molecule has 0 unspecified atom stereocenters. The standard InChI is InChI=1S/C21H27N5O3S/c1-21(2,3)14-17-15-26(30(28,29)24(4)5)20(23-17)19(27)13-16-7-9-18(10-8-16)25-12-6-11-22-25/h6-12,15H,13-14H2,1-5H3. The van der Waals surface area contributed by atoms with Gasteiger partial charge in [0.05, 0.1) is 11.4 Å². The highest BCUT2D eigenvalue weighted by atomic mass is 32.2. The van der Waals surface area contributed by atoms with Gasteiger partial charge < -0.3 is 0 Å². The van der Waals surface area contributed by atoms with Gasteiger partial charge in [-0.05, 0) is 35.6 Å². The second-order valence-electron chi connectivity index (χ2n) is 8.60. The number of rotatable bonds is 7. The molecule has 0 saturated heterocycles. The molecular weight excluding hydrogens is 402 g/mol. The van der Waals surface area contributed by atoms with Crippen LogP contribution in [0.15, 0.2) is 48.9 Å². The molecule has 0 aliphatic carbocycles. The fourth-order valence-electron chi connectivity index (χ4n) is 3.03. The van der Waals surface area contributed by atoms with Gasteiger partial charge in [-0.25, -0.2) is 13.6 Å². The minimum Gasteiger partial charge on any atom is -0.290 e. The van der Waals surface area contributed by atoms with Gasteiger partial charge in [0.2, 0.25) is 5.78 Å². The molecule has 2 aromatic heterocycles. The SMILES string of the molecule is CN(C)S(=O)(=O)n1cc(CC(C)(C)C)nc1C(=O)Cc1ccc(-n2cccn2)cc1. The average Bonchev–Trinajstić information content (AvgIpc) is 3.31. The lowest BCUT2D eigenvalue weighted by atomic mass is 9.91. The van der Waals surface area contributed by atoms with E-state index in [1.165, 1.54) is 20.3 Å². The van der Waals surface area contributed by atoms with Gasteiger partial charge in [0.1, 0.15) is 0 Å². The van der Waals surface area contributed by atoms with Crippen LogP contribution in [0, 0.1) is 5.41 Å². The molecule has 0 aliphatic heterocycles. The van der Waals surface area contributed by atoms with E-state index in [1.807, 2.05) is 57.3 Å². The van der Waals surface area contributed by atoms with Crippen molar-refractivity contribution in [1.82, 2.24) is 23.0 Å². The van der Waals surface area contributed by atoms with Gasteiger partial charge in [-0.3, -0.25) is 4.79 Å². The Bertz CT molecular complexity index is 1120. The maximum absolute atomic E-state index is 13.0. The highest BCUT2D eigenvalue weighted by Crippen LogP contribution is 2.22. The average molecular weight is 430 g/mol. The van der Waals surface area contributed by atoms with Crippen molar-refractivity contribution in [1.29, 1.82) is 0 Å². The molecule has 3 aromatic rings. The molecule has 160 valence electrons. The molecule has 0 radical (unpaired) electrons. The van der Waals surface area contributed by atoms with Crippen LogP contribution in [0.4, 0.5) is 0 Å². The molecule has 8 nitrogen and oxygen atoms in total. The molecule has 30 heavy (non-hydrogen) atoms. The largest absolute Gasteiger partial charge is 0.308 e. The number of ketones is 1. The Morgan fingerprint density at radius 1 is 1.13 bits per heavy atom. The Balaban J connectivity index is 1.90. The van der Waals surface area contributed by atoms with Crippen molar-refractivity contribution in [2.75, 3.05) is 14.1 Å². The van der Waals surface area contributed by atoms with Crippen LogP contribution in [0.2, 0.25) is 0 Å². The third kappa shape index (κ3) is 4.85. The molecule has 0 fully saturated rings. The zero-order valence-corrected chi connectivity index (χ0v) is 18.7. The van der Waals surface area contributed by atoms with Gasteiger partial charge in [0.25, 0.3) is 0 Å². The molecule has 2 heterocycles. The molecule has 3 rings (SSSR count). The summed E-state index contributed by atoms with van der Waals surface area (Å²) in [5, 5.41) is 4.18. The van der Waals surface area contributed by atoms with Crippen molar-refractivity contribution in [3.8, 4) is 5.69 Å². The highest BCUT2D eigenvalue weighted by Gasteiger charge is 2.27. The summed E-state index contributed by atoms with van der Waals surface area (Å²) in [5.74, 6) is -0.425. The molecule has 0 spiro atoms. The highest BCUT2D eigenvalue weighted by molar-refractivity contribution is 7.87. The third-order valence-corrected chi connectivity index (χ3v) is 6.16. The van der Waals surface area contributed by atoms with Crippen molar-refractivity contribution in [3.05, 3.63) is 66.0 Å². The summed E-state index contributed by atoms with van der Waals surface area (Å²) in [7, 11) is -0.998. The predicted octanol–water partition coefficient (Wildman–Crippen LogP) is 2.74. The van der Waals surface area contributed by atoms with Crippen molar-refractivity contribution in [3.63, 3.8) is 0 Å². The fourth-order valence-corrected chi connectivity index (χ4v) is 4.00. The van der Waals surface area contributed by atoms with Gasteiger partial charge in [0.15, 0.2) is 5.82 Å². The monoisotopic (exact) mass is 429 g/mol. The lowest BCUT2D eigenvalue weighted by molar-refractivity contribution is 0.0982. The summed E-state index contributed by atoms with van der Waals surface area (Å²) < 4.78 is 29.3.